The van der Waals surface area contributed by atoms with Gasteiger partial charge in [0, 0.05) is 0 Å². The lowest BCUT2D eigenvalue weighted by Gasteiger charge is -2.04. The summed E-state index contributed by atoms with van der Waals surface area (Å²) < 4.78 is 0. The van der Waals surface area contributed by atoms with E-state index >= 15 is 0 Å². The van der Waals surface area contributed by atoms with E-state index < -0.39 is 0 Å². The van der Waals surface area contributed by atoms with E-state index in [1.54, 1.807) is 0 Å². The zero-order chi connectivity index (χ0) is 5.54. The molecule has 0 aliphatic heterocycles. The van der Waals surface area contributed by atoms with E-state index in [1.165, 1.54) is 0 Å². The Balaban J connectivity index is 2.45. The predicted octanol–water partition coefficient (Wildman–Crippen LogP) is 0.813. The second-order valence-electron chi connectivity index (χ2n) is 1.02. The lowest BCUT2D eigenvalue weighted by molar-refractivity contribution is 1.50. The summed E-state index contributed by atoms with van der Waals surface area (Å²) in [6.07, 6.45) is 0. The van der Waals surface area contributed by atoms with E-state index in [2.05, 4.69) is 0 Å². The van der Waals surface area contributed by atoms with Crippen LogP contribution in [0.1, 0.15) is 0 Å². The molecule has 0 atom stereocenters. The summed E-state index contributed by atoms with van der Waals surface area (Å²) in [4.78, 5) is 0. The highest BCUT2D eigenvalue weighted by atomic mass is 32.2. The Hall–Kier alpha value is 1.05. The summed E-state index contributed by atoms with van der Waals surface area (Å²) in [6.45, 7) is 0. The largest absolute Gasteiger partial charge is 0.792 e. The molecule has 0 rings (SSSR count). The molecule has 0 nitrogen and oxygen atoms in total. The Morgan fingerprint density at radius 1 is 1.00 bits per heavy atom. The van der Waals surface area contributed by atoms with Crippen LogP contribution >= 0.6 is 11.8 Å². The zero-order valence-corrected chi connectivity index (χ0v) is 6.50. The predicted molar refractivity (Wildman–Crippen MR) is 41.8 cm³/mol. The SMILES string of the molecule is [S-]CCSCC[S-]. The first kappa shape index (κ1) is 8.05. The summed E-state index contributed by atoms with van der Waals surface area (Å²) in [6, 6.07) is 0. The quantitative estimate of drug-likeness (QED) is 0.432. The van der Waals surface area contributed by atoms with E-state index in [4.69, 9.17) is 25.3 Å². The van der Waals surface area contributed by atoms with Gasteiger partial charge >= 0.3 is 0 Å². The topological polar surface area (TPSA) is 0 Å². The lowest BCUT2D eigenvalue weighted by atomic mass is 10.9. The van der Waals surface area contributed by atoms with Crippen LogP contribution < -0.4 is 0 Å². The van der Waals surface area contributed by atoms with Gasteiger partial charge in [-0.05, 0) is 11.5 Å². The highest BCUT2D eigenvalue weighted by Gasteiger charge is 1.72. The first-order valence-electron chi connectivity index (χ1n) is 2.15. The Morgan fingerprint density at radius 3 is 1.71 bits per heavy atom. The van der Waals surface area contributed by atoms with Crippen LogP contribution in [0.4, 0.5) is 0 Å². The molecule has 3 heteroatoms. The zero-order valence-electron chi connectivity index (χ0n) is 4.05. The molecule has 0 unspecified atom stereocenters. The number of rotatable bonds is 4. The van der Waals surface area contributed by atoms with Gasteiger partial charge in [0.2, 0.25) is 0 Å². The molecule has 0 N–H and O–H groups in total. The molecule has 44 valence electrons. The number of thioether (sulfide) groups is 1. The van der Waals surface area contributed by atoms with Crippen LogP contribution in [0.5, 0.6) is 0 Å². The molecule has 7 heavy (non-hydrogen) atoms. The van der Waals surface area contributed by atoms with Crippen molar-refractivity contribution >= 4 is 37.0 Å². The van der Waals surface area contributed by atoms with Crippen molar-refractivity contribution in [3.05, 3.63) is 0 Å². The van der Waals surface area contributed by atoms with E-state index in [1.807, 2.05) is 11.8 Å². The van der Waals surface area contributed by atoms with E-state index in [9.17, 15) is 0 Å². The molecular formula is C4H8S3-2. The second kappa shape index (κ2) is 7.05. The summed E-state index contributed by atoms with van der Waals surface area (Å²) in [7, 11) is 0. The Labute approximate surface area is 60.3 Å². The minimum atomic E-state index is 0.861. The minimum absolute atomic E-state index is 0.861. The van der Waals surface area contributed by atoms with Crippen LogP contribution in [-0.2, 0) is 25.3 Å². The molecule has 0 amide bonds. The summed E-state index contributed by atoms with van der Waals surface area (Å²) in [5.41, 5.74) is 0. The standard InChI is InChI=1S/C4H10S3/c5-1-3-7-4-2-6/h5-6H,1-4H2/p-2. The van der Waals surface area contributed by atoms with Crippen LogP contribution in [0.2, 0.25) is 0 Å². The molecule has 0 bridgehead atoms. The molecule has 0 heterocycles. The van der Waals surface area contributed by atoms with Gasteiger partial charge in [0.15, 0.2) is 0 Å². The highest BCUT2D eigenvalue weighted by Crippen LogP contribution is 1.95. The number of hydrogen-bond acceptors (Lipinski definition) is 3. The van der Waals surface area contributed by atoms with Crippen molar-refractivity contribution < 1.29 is 0 Å². The van der Waals surface area contributed by atoms with Gasteiger partial charge in [-0.15, -0.1) is 0 Å². The fraction of sp³-hybridized carbons (Fsp3) is 1.00. The fourth-order valence-corrected chi connectivity index (χ4v) is 1.37. The van der Waals surface area contributed by atoms with Crippen molar-refractivity contribution in [3.8, 4) is 0 Å². The van der Waals surface area contributed by atoms with E-state index in [-0.39, 0.29) is 0 Å². The summed E-state index contributed by atoms with van der Waals surface area (Å²) in [5, 5.41) is 0. The third-order valence-corrected chi connectivity index (χ3v) is 2.37. The van der Waals surface area contributed by atoms with E-state index in [0.29, 0.717) is 0 Å². The molecule has 0 aromatic heterocycles. The normalized spacial score (nSPS) is 9.43. The van der Waals surface area contributed by atoms with Gasteiger partial charge in [0.1, 0.15) is 0 Å². The molecule has 0 aromatic carbocycles. The fourth-order valence-electron chi connectivity index (χ4n) is 0.220. The molecular weight excluding hydrogens is 144 g/mol. The van der Waals surface area contributed by atoms with Crippen LogP contribution in [0.25, 0.3) is 0 Å². The second-order valence-corrected chi connectivity index (χ2v) is 3.06. The molecule has 0 radical (unpaired) electrons. The van der Waals surface area contributed by atoms with Gasteiger partial charge in [-0.2, -0.15) is 23.3 Å². The van der Waals surface area contributed by atoms with Gasteiger partial charge < -0.3 is 25.3 Å². The first-order chi connectivity index (χ1) is 3.41. The maximum Gasteiger partial charge on any atom is -0.0287 e. The molecule has 0 aliphatic carbocycles. The molecule has 0 spiro atoms. The minimum Gasteiger partial charge on any atom is -0.792 e. The lowest BCUT2D eigenvalue weighted by Crippen LogP contribution is -1.87. The van der Waals surface area contributed by atoms with Crippen molar-refractivity contribution in [2.75, 3.05) is 23.0 Å². The van der Waals surface area contributed by atoms with Gasteiger partial charge in [0.05, 0.1) is 0 Å². The molecule has 0 aromatic rings. The average molecular weight is 152 g/mol. The van der Waals surface area contributed by atoms with E-state index in [0.717, 1.165) is 23.0 Å². The molecule has 0 saturated carbocycles. The Morgan fingerprint density at radius 2 is 1.43 bits per heavy atom. The van der Waals surface area contributed by atoms with Crippen LogP contribution in [0.15, 0.2) is 0 Å². The third-order valence-electron chi connectivity index (χ3n) is 0.455. The first-order valence-corrected chi connectivity index (χ1v) is 4.46. The molecule has 0 saturated heterocycles. The molecule has 0 aliphatic rings. The van der Waals surface area contributed by atoms with Crippen LogP contribution in [0.3, 0.4) is 0 Å². The smallest absolute Gasteiger partial charge is 0.0287 e. The van der Waals surface area contributed by atoms with Crippen molar-refractivity contribution in [1.82, 2.24) is 0 Å². The van der Waals surface area contributed by atoms with Gasteiger partial charge in [0.25, 0.3) is 0 Å². The van der Waals surface area contributed by atoms with Crippen molar-refractivity contribution in [3.63, 3.8) is 0 Å². The van der Waals surface area contributed by atoms with Crippen molar-refractivity contribution in [2.45, 2.75) is 0 Å². The maximum atomic E-state index is 4.71. The third kappa shape index (κ3) is 7.05. The Kier molecular flexibility index (Phi) is 8.11. The van der Waals surface area contributed by atoms with Crippen molar-refractivity contribution in [1.29, 1.82) is 0 Å². The maximum absolute atomic E-state index is 4.71. The van der Waals surface area contributed by atoms with Crippen LogP contribution in [-0.4, -0.2) is 23.0 Å². The summed E-state index contributed by atoms with van der Waals surface area (Å²) in [5.74, 6) is 3.90. The van der Waals surface area contributed by atoms with Gasteiger partial charge in [-0.3, -0.25) is 0 Å². The average Bonchev–Trinajstić information content (AvgIpc) is 1.69. The number of hydrogen-bond donors (Lipinski definition) is 0. The summed E-state index contributed by atoms with van der Waals surface area (Å²) >= 11 is 11.3. The monoisotopic (exact) mass is 152 g/mol. The molecule has 0 fully saturated rings. The van der Waals surface area contributed by atoms with Crippen LogP contribution in [0, 0.1) is 0 Å². The Bertz CT molecular complexity index is 26.1. The van der Waals surface area contributed by atoms with Crippen molar-refractivity contribution in [2.24, 2.45) is 0 Å². The van der Waals surface area contributed by atoms with Gasteiger partial charge in [-0.1, -0.05) is 0 Å². The highest BCUT2D eigenvalue weighted by molar-refractivity contribution is 7.99. The van der Waals surface area contributed by atoms with Gasteiger partial charge in [-0.25, -0.2) is 0 Å².